The van der Waals surface area contributed by atoms with Crippen molar-refractivity contribution in [2.75, 3.05) is 19.6 Å². The van der Waals surface area contributed by atoms with Crippen molar-refractivity contribution in [2.45, 2.75) is 71.3 Å². The van der Waals surface area contributed by atoms with Gasteiger partial charge in [-0.15, -0.1) is 0 Å². The fraction of sp³-hybridized carbons (Fsp3) is 0.824. The summed E-state index contributed by atoms with van der Waals surface area (Å²) >= 11 is 0. The average Bonchev–Trinajstić information content (AvgIpc) is 2.84. The molecule has 3 nitrogen and oxygen atoms in total. The summed E-state index contributed by atoms with van der Waals surface area (Å²) in [5, 5.41) is 4.84. The standard InChI is InChI=1S/C17H29F2N3/c1-12(2)14-10-15(17(3,4)5)22(20-14)13-6-8-21(9-7-13)11-16(18)19/h10,12-13,16H,6-9,11H2,1-5H3. The van der Waals surface area contributed by atoms with Crippen LogP contribution in [0.25, 0.3) is 0 Å². The van der Waals surface area contributed by atoms with Crippen LogP contribution in [0.1, 0.15) is 70.8 Å². The van der Waals surface area contributed by atoms with Crippen molar-refractivity contribution in [3.8, 4) is 0 Å². The topological polar surface area (TPSA) is 21.1 Å². The molecular weight excluding hydrogens is 284 g/mol. The van der Waals surface area contributed by atoms with Gasteiger partial charge in [0.1, 0.15) is 0 Å². The lowest BCUT2D eigenvalue weighted by Crippen LogP contribution is -2.38. The smallest absolute Gasteiger partial charge is 0.251 e. The highest BCUT2D eigenvalue weighted by atomic mass is 19.3. The average molecular weight is 313 g/mol. The van der Waals surface area contributed by atoms with Crippen molar-refractivity contribution < 1.29 is 8.78 Å². The molecule has 1 aliphatic heterocycles. The Balaban J connectivity index is 2.15. The van der Waals surface area contributed by atoms with E-state index >= 15 is 0 Å². The van der Waals surface area contributed by atoms with Crippen LogP contribution < -0.4 is 0 Å². The van der Waals surface area contributed by atoms with Crippen LogP contribution in [-0.4, -0.2) is 40.7 Å². The number of aromatic nitrogens is 2. The lowest BCUT2D eigenvalue weighted by atomic mass is 9.90. The normalized spacial score (nSPS) is 18.6. The van der Waals surface area contributed by atoms with Crippen LogP contribution in [0.15, 0.2) is 6.07 Å². The molecular formula is C17H29F2N3. The maximum absolute atomic E-state index is 12.5. The van der Waals surface area contributed by atoms with E-state index in [9.17, 15) is 8.78 Å². The van der Waals surface area contributed by atoms with Crippen molar-refractivity contribution in [1.29, 1.82) is 0 Å². The monoisotopic (exact) mass is 313 g/mol. The third-order valence-corrected chi connectivity index (χ3v) is 4.41. The highest BCUT2D eigenvalue weighted by molar-refractivity contribution is 5.21. The molecule has 5 heteroatoms. The summed E-state index contributed by atoms with van der Waals surface area (Å²) in [5.41, 5.74) is 2.42. The summed E-state index contributed by atoms with van der Waals surface area (Å²) in [4.78, 5) is 1.87. The number of likely N-dealkylation sites (tertiary alicyclic amines) is 1. The number of piperidine rings is 1. The van der Waals surface area contributed by atoms with E-state index in [1.54, 1.807) is 0 Å². The van der Waals surface area contributed by atoms with Crippen LogP contribution in [0.2, 0.25) is 0 Å². The van der Waals surface area contributed by atoms with Gasteiger partial charge in [-0.25, -0.2) is 8.78 Å². The van der Waals surface area contributed by atoms with Gasteiger partial charge < -0.3 is 0 Å². The van der Waals surface area contributed by atoms with E-state index in [1.807, 2.05) is 4.90 Å². The van der Waals surface area contributed by atoms with Gasteiger partial charge in [-0.2, -0.15) is 5.10 Å². The molecule has 0 saturated carbocycles. The van der Waals surface area contributed by atoms with Crippen LogP contribution in [0, 0.1) is 0 Å². The predicted octanol–water partition coefficient (Wildman–Crippen LogP) is 4.21. The molecule has 1 aliphatic rings. The highest BCUT2D eigenvalue weighted by Crippen LogP contribution is 2.32. The fourth-order valence-electron chi connectivity index (χ4n) is 3.08. The Morgan fingerprint density at radius 3 is 2.27 bits per heavy atom. The summed E-state index contributed by atoms with van der Waals surface area (Å²) in [6, 6.07) is 2.55. The van der Waals surface area contributed by atoms with Gasteiger partial charge >= 0.3 is 0 Å². The summed E-state index contributed by atoms with van der Waals surface area (Å²) in [6.45, 7) is 12.3. The van der Waals surface area contributed by atoms with Crippen LogP contribution in [0.3, 0.4) is 0 Å². The van der Waals surface area contributed by atoms with E-state index in [0.29, 0.717) is 12.0 Å². The minimum atomic E-state index is -2.24. The molecule has 0 aromatic carbocycles. The molecule has 0 amide bonds. The van der Waals surface area contributed by atoms with Crippen molar-refractivity contribution in [1.82, 2.24) is 14.7 Å². The molecule has 22 heavy (non-hydrogen) atoms. The first kappa shape index (κ1) is 17.4. The van der Waals surface area contributed by atoms with E-state index in [2.05, 4.69) is 45.4 Å². The first-order valence-electron chi connectivity index (χ1n) is 8.29. The second-order valence-corrected chi connectivity index (χ2v) is 7.73. The molecule has 2 rings (SSSR count). The lowest BCUT2D eigenvalue weighted by Gasteiger charge is -2.34. The molecule has 0 atom stereocenters. The number of rotatable bonds is 4. The van der Waals surface area contributed by atoms with Gasteiger partial charge in [0.15, 0.2) is 0 Å². The van der Waals surface area contributed by atoms with Gasteiger partial charge in [-0.3, -0.25) is 9.58 Å². The molecule has 0 aliphatic carbocycles. The Bertz CT molecular complexity index is 481. The molecule has 1 fully saturated rings. The van der Waals surface area contributed by atoms with Crippen molar-refractivity contribution in [3.05, 3.63) is 17.5 Å². The highest BCUT2D eigenvalue weighted by Gasteiger charge is 2.29. The number of nitrogens with zero attached hydrogens (tertiary/aromatic N) is 3. The van der Waals surface area contributed by atoms with Crippen LogP contribution in [0.5, 0.6) is 0 Å². The van der Waals surface area contributed by atoms with E-state index in [-0.39, 0.29) is 12.0 Å². The summed E-state index contributed by atoms with van der Waals surface area (Å²) in [5.74, 6) is 0.404. The molecule has 0 radical (unpaired) electrons. The quantitative estimate of drug-likeness (QED) is 0.830. The summed E-state index contributed by atoms with van der Waals surface area (Å²) in [6.07, 6.45) is -0.441. The van der Waals surface area contributed by atoms with Gasteiger partial charge in [-0.05, 0) is 24.8 Å². The Morgan fingerprint density at radius 1 is 1.23 bits per heavy atom. The van der Waals surface area contributed by atoms with Gasteiger partial charge in [0, 0.05) is 24.2 Å². The maximum atomic E-state index is 12.5. The van der Waals surface area contributed by atoms with Crippen LogP contribution in [-0.2, 0) is 5.41 Å². The second-order valence-electron chi connectivity index (χ2n) is 7.73. The zero-order valence-electron chi connectivity index (χ0n) is 14.4. The minimum Gasteiger partial charge on any atom is -0.298 e. The third kappa shape index (κ3) is 4.06. The minimum absolute atomic E-state index is 0.0419. The predicted molar refractivity (Wildman–Crippen MR) is 85.7 cm³/mol. The SMILES string of the molecule is CC(C)c1cc(C(C)(C)C)n(C2CCN(CC(F)F)CC2)n1. The van der Waals surface area contributed by atoms with Gasteiger partial charge in [0.25, 0.3) is 6.43 Å². The zero-order valence-corrected chi connectivity index (χ0v) is 14.4. The maximum Gasteiger partial charge on any atom is 0.251 e. The van der Waals surface area contributed by atoms with Crippen LogP contribution in [0.4, 0.5) is 8.78 Å². The first-order valence-corrected chi connectivity index (χ1v) is 8.29. The molecule has 0 unspecified atom stereocenters. The Kier molecular flexibility index (Phi) is 5.25. The van der Waals surface area contributed by atoms with Crippen molar-refractivity contribution in [2.24, 2.45) is 0 Å². The van der Waals surface area contributed by atoms with E-state index < -0.39 is 6.43 Å². The molecule has 1 aromatic rings. The largest absolute Gasteiger partial charge is 0.298 e. The number of alkyl halides is 2. The van der Waals surface area contributed by atoms with Crippen LogP contribution >= 0.6 is 0 Å². The second kappa shape index (κ2) is 6.65. The van der Waals surface area contributed by atoms with Crippen molar-refractivity contribution in [3.63, 3.8) is 0 Å². The number of hydrogen-bond donors (Lipinski definition) is 0. The molecule has 0 N–H and O–H groups in total. The van der Waals surface area contributed by atoms with Crippen molar-refractivity contribution >= 4 is 0 Å². The third-order valence-electron chi connectivity index (χ3n) is 4.41. The molecule has 0 spiro atoms. The Labute approximate surface area is 132 Å². The van der Waals surface area contributed by atoms with Gasteiger partial charge in [0.05, 0.1) is 18.3 Å². The number of halogens is 2. The van der Waals surface area contributed by atoms with E-state index in [4.69, 9.17) is 5.10 Å². The molecule has 2 heterocycles. The number of hydrogen-bond acceptors (Lipinski definition) is 2. The molecule has 0 bridgehead atoms. The van der Waals surface area contributed by atoms with Gasteiger partial charge in [-0.1, -0.05) is 34.6 Å². The Hall–Kier alpha value is -0.970. The van der Waals surface area contributed by atoms with E-state index in [0.717, 1.165) is 31.6 Å². The first-order chi connectivity index (χ1) is 10.2. The summed E-state index contributed by atoms with van der Waals surface area (Å²) < 4.78 is 27.2. The summed E-state index contributed by atoms with van der Waals surface area (Å²) in [7, 11) is 0. The molecule has 1 aromatic heterocycles. The molecule has 1 saturated heterocycles. The zero-order chi connectivity index (χ0) is 16.5. The van der Waals surface area contributed by atoms with E-state index in [1.165, 1.54) is 5.69 Å². The molecule has 126 valence electrons. The van der Waals surface area contributed by atoms with Gasteiger partial charge in [0.2, 0.25) is 0 Å². The fourth-order valence-corrected chi connectivity index (χ4v) is 3.08. The Morgan fingerprint density at radius 2 is 1.82 bits per heavy atom. The lowest BCUT2D eigenvalue weighted by molar-refractivity contribution is 0.0683.